The summed E-state index contributed by atoms with van der Waals surface area (Å²) in [5, 5.41) is 12.9. The zero-order valence-corrected chi connectivity index (χ0v) is 9.96. The van der Waals surface area contributed by atoms with E-state index in [1.54, 1.807) is 0 Å². The first kappa shape index (κ1) is 14.1. The molecule has 1 saturated carbocycles. The van der Waals surface area contributed by atoms with E-state index < -0.39 is 11.1 Å². The van der Waals surface area contributed by atoms with Gasteiger partial charge in [-0.1, -0.05) is 19.3 Å². The zero-order valence-electron chi connectivity index (χ0n) is 9.15. The number of thioether (sulfide) groups is 1. The normalized spacial score (nSPS) is 21.0. The van der Waals surface area contributed by atoms with E-state index in [1.807, 2.05) is 0 Å². The van der Waals surface area contributed by atoms with Gasteiger partial charge in [-0.2, -0.15) is 13.2 Å². The lowest BCUT2D eigenvalue weighted by Gasteiger charge is -2.32. The Kier molecular flexibility index (Phi) is 5.40. The summed E-state index contributed by atoms with van der Waals surface area (Å²) in [5.41, 5.74) is -4.84. The molecule has 0 unspecified atom stereocenters. The van der Waals surface area contributed by atoms with Crippen LogP contribution in [0.4, 0.5) is 13.2 Å². The molecule has 1 aliphatic rings. The summed E-state index contributed by atoms with van der Waals surface area (Å²) >= 11 is -0.0250. The van der Waals surface area contributed by atoms with Gasteiger partial charge in [0.25, 0.3) is 0 Å². The standard InChI is InChI=1S/C10H18F3NOS/c11-10(12,13)16-7-6-14-8-9(15)4-2-1-3-5-9/h14-15H,1-8H2. The summed E-state index contributed by atoms with van der Waals surface area (Å²) in [6.07, 6.45) is 4.68. The van der Waals surface area contributed by atoms with Crippen LogP contribution in [0.2, 0.25) is 0 Å². The Morgan fingerprint density at radius 3 is 2.38 bits per heavy atom. The van der Waals surface area contributed by atoms with Gasteiger partial charge in [0.1, 0.15) is 0 Å². The highest BCUT2D eigenvalue weighted by Crippen LogP contribution is 2.30. The number of halogens is 3. The fourth-order valence-corrected chi connectivity index (χ4v) is 2.42. The average molecular weight is 257 g/mol. The van der Waals surface area contributed by atoms with Crippen LogP contribution in [0.5, 0.6) is 0 Å². The second-order valence-corrected chi connectivity index (χ2v) is 5.42. The number of rotatable bonds is 5. The highest BCUT2D eigenvalue weighted by atomic mass is 32.2. The van der Waals surface area contributed by atoms with Crippen LogP contribution >= 0.6 is 11.8 Å². The van der Waals surface area contributed by atoms with Crippen LogP contribution in [0.25, 0.3) is 0 Å². The maximum Gasteiger partial charge on any atom is 0.441 e. The summed E-state index contributed by atoms with van der Waals surface area (Å²) in [7, 11) is 0. The van der Waals surface area contributed by atoms with Crippen molar-refractivity contribution in [3.8, 4) is 0 Å². The van der Waals surface area contributed by atoms with Crippen molar-refractivity contribution in [2.24, 2.45) is 0 Å². The predicted molar refractivity (Wildman–Crippen MR) is 59.4 cm³/mol. The van der Waals surface area contributed by atoms with Crippen LogP contribution < -0.4 is 5.32 Å². The Hall–Kier alpha value is 0.0600. The van der Waals surface area contributed by atoms with E-state index >= 15 is 0 Å². The quantitative estimate of drug-likeness (QED) is 0.742. The third-order valence-electron chi connectivity index (χ3n) is 2.78. The molecule has 0 saturated heterocycles. The number of aliphatic hydroxyl groups is 1. The SMILES string of the molecule is OC1(CNCCSC(F)(F)F)CCCCC1. The average Bonchev–Trinajstić information content (AvgIpc) is 2.16. The van der Waals surface area contributed by atoms with Crippen LogP contribution in [-0.4, -0.2) is 35.1 Å². The summed E-state index contributed by atoms with van der Waals surface area (Å²) in [6, 6.07) is 0. The molecule has 1 aliphatic carbocycles. The third-order valence-corrected chi connectivity index (χ3v) is 3.52. The van der Waals surface area contributed by atoms with Gasteiger partial charge in [0.2, 0.25) is 0 Å². The summed E-state index contributed by atoms with van der Waals surface area (Å²) in [5.74, 6) is -0.000417. The number of nitrogens with one attached hydrogen (secondary N) is 1. The fraction of sp³-hybridized carbons (Fsp3) is 1.00. The molecule has 2 N–H and O–H groups in total. The minimum Gasteiger partial charge on any atom is -0.389 e. The van der Waals surface area contributed by atoms with Gasteiger partial charge in [-0.15, -0.1) is 0 Å². The predicted octanol–water partition coefficient (Wildman–Crippen LogP) is 2.52. The molecule has 96 valence electrons. The lowest BCUT2D eigenvalue weighted by molar-refractivity contribution is -0.0327. The first-order valence-electron chi connectivity index (χ1n) is 5.55. The number of hydrogen-bond donors (Lipinski definition) is 2. The van der Waals surface area contributed by atoms with Gasteiger partial charge >= 0.3 is 5.51 Å². The van der Waals surface area contributed by atoms with Gasteiger partial charge in [0.15, 0.2) is 0 Å². The van der Waals surface area contributed by atoms with E-state index in [0.717, 1.165) is 32.1 Å². The molecule has 1 rings (SSSR count). The van der Waals surface area contributed by atoms with Crippen molar-refractivity contribution < 1.29 is 18.3 Å². The third kappa shape index (κ3) is 5.96. The van der Waals surface area contributed by atoms with Crippen molar-refractivity contribution in [1.29, 1.82) is 0 Å². The lowest BCUT2D eigenvalue weighted by Crippen LogP contribution is -2.42. The van der Waals surface area contributed by atoms with E-state index in [-0.39, 0.29) is 24.1 Å². The molecule has 0 atom stereocenters. The summed E-state index contributed by atoms with van der Waals surface area (Å²) in [4.78, 5) is 0. The van der Waals surface area contributed by atoms with E-state index in [0.29, 0.717) is 6.54 Å². The van der Waals surface area contributed by atoms with E-state index in [2.05, 4.69) is 5.32 Å². The van der Waals surface area contributed by atoms with Gasteiger partial charge in [-0.25, -0.2) is 0 Å². The molecule has 2 nitrogen and oxygen atoms in total. The monoisotopic (exact) mass is 257 g/mol. The number of hydrogen-bond acceptors (Lipinski definition) is 3. The maximum atomic E-state index is 11.8. The van der Waals surface area contributed by atoms with Crippen LogP contribution in [0, 0.1) is 0 Å². The van der Waals surface area contributed by atoms with E-state index in [9.17, 15) is 18.3 Å². The lowest BCUT2D eigenvalue weighted by atomic mass is 9.85. The van der Waals surface area contributed by atoms with Crippen molar-refractivity contribution in [2.75, 3.05) is 18.8 Å². The minimum absolute atomic E-state index is 0.000417. The molecule has 0 aromatic heterocycles. The molecule has 0 radical (unpaired) electrons. The van der Waals surface area contributed by atoms with Gasteiger partial charge < -0.3 is 10.4 Å². The van der Waals surface area contributed by atoms with Crippen molar-refractivity contribution >= 4 is 11.8 Å². The fourth-order valence-electron chi connectivity index (χ4n) is 1.95. The molecule has 0 aromatic carbocycles. The van der Waals surface area contributed by atoms with Gasteiger partial charge in [-0.3, -0.25) is 0 Å². The second kappa shape index (κ2) is 6.12. The van der Waals surface area contributed by atoms with Gasteiger partial charge in [0.05, 0.1) is 5.60 Å². The Labute approximate surface area is 98.0 Å². The molecule has 0 amide bonds. The molecule has 1 fully saturated rings. The molecule has 16 heavy (non-hydrogen) atoms. The van der Waals surface area contributed by atoms with E-state index in [1.165, 1.54) is 0 Å². The van der Waals surface area contributed by atoms with Crippen molar-refractivity contribution in [2.45, 2.75) is 43.2 Å². The topological polar surface area (TPSA) is 32.3 Å². The van der Waals surface area contributed by atoms with Crippen LogP contribution in [-0.2, 0) is 0 Å². The highest BCUT2D eigenvalue weighted by molar-refractivity contribution is 8.00. The summed E-state index contributed by atoms with van der Waals surface area (Å²) in [6.45, 7) is 0.692. The Bertz CT molecular complexity index is 205. The first-order chi connectivity index (χ1) is 7.41. The largest absolute Gasteiger partial charge is 0.441 e. The van der Waals surface area contributed by atoms with E-state index in [4.69, 9.17) is 0 Å². The van der Waals surface area contributed by atoms with Crippen LogP contribution in [0.15, 0.2) is 0 Å². The summed E-state index contributed by atoms with van der Waals surface area (Å²) < 4.78 is 35.4. The minimum atomic E-state index is -4.15. The molecule has 0 aliphatic heterocycles. The first-order valence-corrected chi connectivity index (χ1v) is 6.54. The molecular weight excluding hydrogens is 239 g/mol. The second-order valence-electron chi connectivity index (χ2n) is 4.26. The maximum absolute atomic E-state index is 11.8. The molecular formula is C10H18F3NOS. The Morgan fingerprint density at radius 2 is 1.81 bits per heavy atom. The van der Waals surface area contributed by atoms with Gasteiger partial charge in [0, 0.05) is 18.8 Å². The number of alkyl halides is 3. The molecule has 0 spiro atoms. The van der Waals surface area contributed by atoms with Crippen LogP contribution in [0.1, 0.15) is 32.1 Å². The zero-order chi connectivity index (χ0) is 12.1. The Morgan fingerprint density at radius 1 is 1.19 bits per heavy atom. The van der Waals surface area contributed by atoms with Crippen LogP contribution in [0.3, 0.4) is 0 Å². The van der Waals surface area contributed by atoms with Crippen molar-refractivity contribution in [3.05, 3.63) is 0 Å². The molecule has 0 aromatic rings. The van der Waals surface area contributed by atoms with Gasteiger partial charge in [-0.05, 0) is 24.6 Å². The molecule has 0 heterocycles. The van der Waals surface area contributed by atoms with Crippen molar-refractivity contribution in [3.63, 3.8) is 0 Å². The van der Waals surface area contributed by atoms with Crippen molar-refractivity contribution in [1.82, 2.24) is 5.32 Å². The Balaban J connectivity index is 2.06. The molecule has 0 bridgehead atoms. The molecule has 6 heteroatoms. The highest BCUT2D eigenvalue weighted by Gasteiger charge is 2.29. The smallest absolute Gasteiger partial charge is 0.389 e.